The highest BCUT2D eigenvalue weighted by Crippen LogP contribution is 2.64. The summed E-state index contributed by atoms with van der Waals surface area (Å²) in [6, 6.07) is 7.44. The molecule has 1 saturated heterocycles. The molecule has 1 aliphatic rings. The fourth-order valence-electron chi connectivity index (χ4n) is 3.84. The van der Waals surface area contributed by atoms with Gasteiger partial charge in [-0.05, 0) is 12.5 Å². The minimum atomic E-state index is -4.76. The van der Waals surface area contributed by atoms with Crippen LogP contribution < -0.4 is 10.8 Å². The predicted octanol–water partition coefficient (Wildman–Crippen LogP) is 1.85. The number of nitrogens with two attached hydrogens (primary N) is 1. The third-order valence-corrected chi connectivity index (χ3v) is 10.6. The maximum Gasteiger partial charge on any atom is 0.482 e. The molecule has 1 aromatic carbocycles. The van der Waals surface area contributed by atoms with Crippen LogP contribution in [0.25, 0.3) is 11.2 Å². The van der Waals surface area contributed by atoms with Crippen molar-refractivity contribution in [2.45, 2.75) is 44.1 Å². The summed E-state index contributed by atoms with van der Waals surface area (Å²) in [4.78, 5) is 24.4. The van der Waals surface area contributed by atoms with Crippen molar-refractivity contribution in [3.8, 4) is 0 Å². The Morgan fingerprint density at radius 3 is 2.67 bits per heavy atom. The van der Waals surface area contributed by atoms with Crippen molar-refractivity contribution < 1.29 is 51.5 Å². The van der Waals surface area contributed by atoms with Crippen LogP contribution in [0.15, 0.2) is 47.5 Å². The SMILES string of the molecule is COP(=O)(OC[C@H]1O[C@@H](n2cnc3c(N)ncnc32)[C@@H](O)C1O)OP(=O)(N=[PH]=O)N[C@@H](C)C(=O)OCc1ccccc1. The van der Waals surface area contributed by atoms with E-state index in [2.05, 4.69) is 24.6 Å². The number of phosphoric ester groups is 1. The van der Waals surface area contributed by atoms with Gasteiger partial charge in [-0.3, -0.25) is 23.0 Å². The van der Waals surface area contributed by atoms with Crippen LogP contribution in [-0.4, -0.2) is 73.8 Å². The van der Waals surface area contributed by atoms with Crippen molar-refractivity contribution >= 4 is 46.7 Å². The molecule has 0 radical (unpaired) electrons. The normalized spacial score (nSPS) is 24.2. The molecule has 1 aliphatic heterocycles. The number of rotatable bonds is 13. The standard InChI is InChI=1S/C21H28N7O11P3/c1-12(21(31)36-8-13-6-4-3-5-7-13)26-41(33,27-40-32)39-42(34,35-2)37-9-14-16(29)17(30)20(38-14)28-11-25-15-18(22)23-10-24-19(15)28/h3-7,10-12,14,16-17,20,29-30,40H,8-9H2,1-2H3,(H,26,33)(H2,22,23,24)/t12-,14+,16?,17-,20+,41?,42?/m0/s1. The van der Waals surface area contributed by atoms with Crippen LogP contribution in [0.5, 0.6) is 0 Å². The lowest BCUT2D eigenvalue weighted by Gasteiger charge is -2.23. The van der Waals surface area contributed by atoms with Crippen LogP contribution >= 0.6 is 23.7 Å². The van der Waals surface area contributed by atoms with Gasteiger partial charge in [0.2, 0.25) is 0 Å². The monoisotopic (exact) mass is 647 g/mol. The number of phosphoric acid groups is 1. The van der Waals surface area contributed by atoms with Gasteiger partial charge in [0, 0.05) is 7.11 Å². The lowest BCUT2D eigenvalue weighted by atomic mass is 10.1. The van der Waals surface area contributed by atoms with Crippen molar-refractivity contribution in [2.24, 2.45) is 4.52 Å². The Balaban J connectivity index is 1.40. The predicted molar refractivity (Wildman–Crippen MR) is 145 cm³/mol. The first-order valence-corrected chi connectivity index (χ1v) is 16.0. The maximum absolute atomic E-state index is 13.3. The molecule has 8 atom stereocenters. The Hall–Kier alpha value is -2.88. The molecule has 3 heterocycles. The van der Waals surface area contributed by atoms with Crippen LogP contribution in [0, 0.1) is 0 Å². The number of anilines is 1. The van der Waals surface area contributed by atoms with E-state index in [-0.39, 0.29) is 23.6 Å². The van der Waals surface area contributed by atoms with E-state index in [0.29, 0.717) is 5.56 Å². The van der Waals surface area contributed by atoms with Gasteiger partial charge in [0.05, 0.1) is 12.9 Å². The van der Waals surface area contributed by atoms with Gasteiger partial charge >= 0.3 is 21.5 Å². The minimum absolute atomic E-state index is 0.0806. The molecule has 42 heavy (non-hydrogen) atoms. The Morgan fingerprint density at radius 2 is 1.98 bits per heavy atom. The van der Waals surface area contributed by atoms with Crippen molar-refractivity contribution in [3.05, 3.63) is 48.5 Å². The zero-order valence-electron chi connectivity index (χ0n) is 22.1. The Morgan fingerprint density at radius 1 is 1.24 bits per heavy atom. The molecule has 3 aromatic rings. The maximum atomic E-state index is 13.3. The number of hydrogen-bond acceptors (Lipinski definition) is 15. The van der Waals surface area contributed by atoms with E-state index >= 15 is 0 Å². The summed E-state index contributed by atoms with van der Waals surface area (Å²) < 4.78 is 68.3. The third-order valence-electron chi connectivity index (χ3n) is 5.94. The summed E-state index contributed by atoms with van der Waals surface area (Å²) in [5, 5.41) is 23.4. The molecule has 228 valence electrons. The van der Waals surface area contributed by atoms with E-state index in [4.69, 9.17) is 28.6 Å². The lowest BCUT2D eigenvalue weighted by molar-refractivity contribution is -0.146. The lowest BCUT2D eigenvalue weighted by Crippen LogP contribution is -2.34. The van der Waals surface area contributed by atoms with Crippen LogP contribution in [0.2, 0.25) is 0 Å². The average molecular weight is 647 g/mol. The number of nitrogens with zero attached hydrogens (tertiary/aromatic N) is 5. The number of aliphatic hydroxyl groups is 2. The Labute approximate surface area is 239 Å². The van der Waals surface area contributed by atoms with Gasteiger partial charge in [0.1, 0.15) is 42.8 Å². The van der Waals surface area contributed by atoms with Gasteiger partial charge in [-0.25, -0.2) is 29.2 Å². The van der Waals surface area contributed by atoms with E-state index in [0.717, 1.165) is 7.11 Å². The van der Waals surface area contributed by atoms with E-state index < -0.39 is 66.9 Å². The number of imidazole rings is 1. The van der Waals surface area contributed by atoms with Crippen LogP contribution in [0.3, 0.4) is 0 Å². The molecule has 1 fully saturated rings. The highest BCUT2D eigenvalue weighted by molar-refractivity contribution is 7.67. The Bertz CT molecular complexity index is 1560. The van der Waals surface area contributed by atoms with E-state index in [1.807, 2.05) is 0 Å². The molecule has 0 spiro atoms. The fourth-order valence-corrected chi connectivity index (χ4v) is 7.73. The third kappa shape index (κ3) is 7.36. The number of ether oxygens (including phenoxy) is 2. The van der Waals surface area contributed by atoms with Crippen LogP contribution in [-0.2, 0) is 47.9 Å². The van der Waals surface area contributed by atoms with Crippen molar-refractivity contribution in [3.63, 3.8) is 0 Å². The molecule has 21 heteroatoms. The van der Waals surface area contributed by atoms with Crippen LogP contribution in [0.4, 0.5) is 5.82 Å². The van der Waals surface area contributed by atoms with Crippen molar-refractivity contribution in [1.29, 1.82) is 0 Å². The largest absolute Gasteiger partial charge is 0.482 e. The summed E-state index contributed by atoms with van der Waals surface area (Å²) in [6.45, 7) is 0.495. The molecule has 5 N–H and O–H groups in total. The van der Waals surface area contributed by atoms with Gasteiger partial charge in [-0.2, -0.15) is 4.31 Å². The first-order valence-electron chi connectivity index (χ1n) is 12.1. The number of esters is 1. The number of aromatic nitrogens is 4. The van der Waals surface area contributed by atoms with E-state index in [1.54, 1.807) is 30.3 Å². The second-order valence-electron chi connectivity index (χ2n) is 8.79. The van der Waals surface area contributed by atoms with E-state index in [1.165, 1.54) is 24.1 Å². The first-order chi connectivity index (χ1) is 20.0. The number of nitrogen functional groups attached to an aromatic ring is 1. The summed E-state index contributed by atoms with van der Waals surface area (Å²) in [6.07, 6.45) is -3.11. The number of benzene rings is 1. The second-order valence-corrected chi connectivity index (χ2v) is 13.2. The van der Waals surface area contributed by atoms with Crippen LogP contribution in [0.1, 0.15) is 18.7 Å². The first kappa shape index (κ1) is 32.0. The zero-order chi connectivity index (χ0) is 30.5. The van der Waals surface area contributed by atoms with Gasteiger partial charge in [0.25, 0.3) is 0 Å². The van der Waals surface area contributed by atoms with Crippen molar-refractivity contribution in [1.82, 2.24) is 24.6 Å². The average Bonchev–Trinajstić information content (AvgIpc) is 3.52. The molecule has 0 aliphatic carbocycles. The number of aliphatic hydroxyl groups excluding tert-OH is 2. The van der Waals surface area contributed by atoms with Gasteiger partial charge in [-0.15, -0.1) is 4.52 Å². The number of hydrogen-bond donors (Lipinski definition) is 4. The summed E-state index contributed by atoms with van der Waals surface area (Å²) in [5.41, 5.74) is 6.94. The molecule has 4 rings (SSSR count). The molecule has 0 amide bonds. The second kappa shape index (κ2) is 13.6. The number of nitrogens with one attached hydrogen (secondary N) is 1. The van der Waals surface area contributed by atoms with Gasteiger partial charge in [-0.1, -0.05) is 30.3 Å². The molecule has 0 bridgehead atoms. The summed E-state index contributed by atoms with van der Waals surface area (Å²) in [5.74, 6) is -0.771. The molecule has 0 saturated carbocycles. The molecule has 2 aromatic heterocycles. The van der Waals surface area contributed by atoms with Gasteiger partial charge < -0.3 is 25.4 Å². The van der Waals surface area contributed by atoms with Crippen molar-refractivity contribution in [2.75, 3.05) is 19.5 Å². The summed E-state index contributed by atoms with van der Waals surface area (Å²) >= 11 is 0. The Kier molecular flexibility index (Phi) is 10.4. The van der Waals surface area contributed by atoms with Gasteiger partial charge in [0.15, 0.2) is 25.9 Å². The fraction of sp³-hybridized carbons (Fsp3) is 0.429. The minimum Gasteiger partial charge on any atom is -0.460 e. The number of carbonyl (C=O) groups excluding carboxylic acids is 1. The molecular formula is C21H28N7O11P3. The zero-order valence-corrected chi connectivity index (χ0v) is 24.9. The molecule has 4 unspecified atom stereocenters. The van der Waals surface area contributed by atoms with E-state index in [9.17, 15) is 28.7 Å². The number of fused-ring (bicyclic) bond motifs is 1. The number of carbonyl (C=O) groups is 1. The highest BCUT2D eigenvalue weighted by Gasteiger charge is 2.47. The summed E-state index contributed by atoms with van der Waals surface area (Å²) in [7, 11) is -10.1. The molecule has 18 nitrogen and oxygen atoms in total. The topological polar surface area (TPSA) is 249 Å². The molecular weight excluding hydrogens is 619 g/mol. The smallest absolute Gasteiger partial charge is 0.460 e. The highest BCUT2D eigenvalue weighted by atomic mass is 31.3. The quantitative estimate of drug-likeness (QED) is 0.153.